The van der Waals surface area contributed by atoms with Gasteiger partial charge in [-0.2, -0.15) is 5.10 Å². The van der Waals surface area contributed by atoms with Crippen LogP contribution in [-0.4, -0.2) is 9.78 Å². The Balaban J connectivity index is 2.36. The fourth-order valence-electron chi connectivity index (χ4n) is 1.39. The van der Waals surface area contributed by atoms with Crippen molar-refractivity contribution in [1.29, 1.82) is 0 Å². The zero-order valence-electron chi connectivity index (χ0n) is 8.57. The third-order valence-electron chi connectivity index (χ3n) is 2.26. The van der Waals surface area contributed by atoms with Crippen molar-refractivity contribution < 1.29 is 0 Å². The van der Waals surface area contributed by atoms with Crippen molar-refractivity contribution in [2.45, 2.75) is 13.0 Å². The van der Waals surface area contributed by atoms with Gasteiger partial charge in [-0.05, 0) is 23.9 Å². The maximum Gasteiger partial charge on any atom is 0.0853 e. The predicted molar refractivity (Wildman–Crippen MR) is 63.3 cm³/mol. The van der Waals surface area contributed by atoms with Gasteiger partial charge in [-0.25, -0.2) is 0 Å². The van der Waals surface area contributed by atoms with Crippen LogP contribution in [0.1, 0.15) is 22.2 Å². The number of hydrogen-bond donors (Lipinski definition) is 1. The number of hydrogen-bond acceptors (Lipinski definition) is 3. The summed E-state index contributed by atoms with van der Waals surface area (Å²) in [6, 6.07) is 1.69. The van der Waals surface area contributed by atoms with Crippen LogP contribution in [0, 0.1) is 6.92 Å². The molecule has 0 aliphatic rings. The zero-order valence-corrected chi connectivity index (χ0v) is 10.1. The van der Waals surface area contributed by atoms with Crippen molar-refractivity contribution in [3.63, 3.8) is 0 Å². The number of nitrogens with two attached hydrogens (primary N) is 1. The van der Waals surface area contributed by atoms with Crippen LogP contribution in [0.4, 0.5) is 0 Å². The van der Waals surface area contributed by atoms with Crippen molar-refractivity contribution in [3.05, 3.63) is 38.8 Å². The molecule has 3 nitrogen and oxygen atoms in total. The molecule has 2 rings (SSSR count). The Morgan fingerprint density at radius 2 is 2.33 bits per heavy atom. The average molecular weight is 242 g/mol. The maximum absolute atomic E-state index is 6.16. The largest absolute Gasteiger partial charge is 0.318 e. The van der Waals surface area contributed by atoms with E-state index in [1.807, 2.05) is 31.6 Å². The summed E-state index contributed by atoms with van der Waals surface area (Å²) in [7, 11) is 1.87. The normalized spacial score (nSPS) is 13.1. The zero-order chi connectivity index (χ0) is 11.0. The van der Waals surface area contributed by atoms with Crippen molar-refractivity contribution in [3.8, 4) is 0 Å². The number of nitrogens with zero attached hydrogens (tertiary/aromatic N) is 2. The first-order valence-electron chi connectivity index (χ1n) is 4.58. The summed E-state index contributed by atoms with van der Waals surface area (Å²) in [4.78, 5) is 0.980. The molecule has 2 aromatic rings. The smallest absolute Gasteiger partial charge is 0.0853 e. The van der Waals surface area contributed by atoms with Crippen molar-refractivity contribution in [2.75, 3.05) is 0 Å². The summed E-state index contributed by atoms with van der Waals surface area (Å²) in [5.74, 6) is 0. The van der Waals surface area contributed by atoms with Crippen LogP contribution < -0.4 is 5.73 Å². The van der Waals surface area contributed by atoms with E-state index in [1.54, 1.807) is 16.0 Å². The molecule has 0 aromatic carbocycles. The Hall–Kier alpha value is -0.840. The number of rotatable bonds is 2. The molecule has 0 spiro atoms. The second-order valence-corrected chi connectivity index (χ2v) is 4.78. The molecule has 2 aromatic heterocycles. The monoisotopic (exact) mass is 241 g/mol. The molecule has 0 aliphatic heterocycles. The third kappa shape index (κ3) is 1.93. The first kappa shape index (κ1) is 10.7. The molecular weight excluding hydrogens is 230 g/mol. The predicted octanol–water partition coefficient (Wildman–Crippen LogP) is 2.49. The highest BCUT2D eigenvalue weighted by molar-refractivity contribution is 7.10. The molecule has 1 unspecified atom stereocenters. The summed E-state index contributed by atoms with van der Waals surface area (Å²) in [5, 5.41) is 7.05. The van der Waals surface area contributed by atoms with Gasteiger partial charge >= 0.3 is 0 Å². The third-order valence-corrected chi connectivity index (χ3v) is 4.06. The van der Waals surface area contributed by atoms with E-state index in [4.69, 9.17) is 17.3 Å². The lowest BCUT2D eigenvalue weighted by Gasteiger charge is -2.06. The summed E-state index contributed by atoms with van der Waals surface area (Å²) in [6.07, 6.45) is 1.88. The Bertz CT molecular complexity index is 475. The Kier molecular flexibility index (Phi) is 2.82. The van der Waals surface area contributed by atoms with Crippen molar-refractivity contribution in [2.24, 2.45) is 12.8 Å². The molecule has 0 saturated heterocycles. The van der Waals surface area contributed by atoms with Gasteiger partial charge in [-0.3, -0.25) is 4.68 Å². The first-order valence-corrected chi connectivity index (χ1v) is 5.84. The van der Waals surface area contributed by atoms with Crippen LogP contribution in [-0.2, 0) is 7.05 Å². The van der Waals surface area contributed by atoms with Crippen molar-refractivity contribution in [1.82, 2.24) is 9.78 Å². The van der Waals surface area contributed by atoms with E-state index < -0.39 is 0 Å². The van der Waals surface area contributed by atoms with Crippen LogP contribution in [0.15, 0.2) is 17.6 Å². The minimum Gasteiger partial charge on any atom is -0.318 e. The molecule has 0 saturated carbocycles. The molecule has 80 valence electrons. The van der Waals surface area contributed by atoms with E-state index in [-0.39, 0.29) is 6.04 Å². The second kappa shape index (κ2) is 3.96. The highest BCUT2D eigenvalue weighted by Gasteiger charge is 2.17. The molecule has 2 N–H and O–H groups in total. The number of halogens is 1. The summed E-state index contributed by atoms with van der Waals surface area (Å²) in [5.41, 5.74) is 8.01. The molecule has 1 atom stereocenters. The molecule has 0 fully saturated rings. The molecule has 0 radical (unpaired) electrons. The fraction of sp³-hybridized carbons (Fsp3) is 0.300. The van der Waals surface area contributed by atoms with Gasteiger partial charge in [0.25, 0.3) is 0 Å². The van der Waals surface area contributed by atoms with Crippen LogP contribution in [0.2, 0.25) is 5.02 Å². The van der Waals surface area contributed by atoms with Gasteiger partial charge in [0.1, 0.15) is 0 Å². The number of aryl methyl sites for hydroxylation is 2. The minimum atomic E-state index is -0.225. The lowest BCUT2D eigenvalue weighted by Crippen LogP contribution is -2.11. The SMILES string of the molecule is Cc1csc(C(N)c2ccn(C)n2)c1Cl. The first-order chi connectivity index (χ1) is 7.09. The van der Waals surface area contributed by atoms with Crippen LogP contribution in [0.25, 0.3) is 0 Å². The molecule has 0 amide bonds. The van der Waals surface area contributed by atoms with Crippen LogP contribution in [0.5, 0.6) is 0 Å². The quantitative estimate of drug-likeness (QED) is 0.878. The van der Waals surface area contributed by atoms with Gasteiger partial charge in [-0.1, -0.05) is 11.6 Å². The molecule has 2 heterocycles. The van der Waals surface area contributed by atoms with Gasteiger partial charge in [0.15, 0.2) is 0 Å². The highest BCUT2D eigenvalue weighted by atomic mass is 35.5. The van der Waals surface area contributed by atoms with E-state index in [0.29, 0.717) is 0 Å². The van der Waals surface area contributed by atoms with E-state index in [2.05, 4.69) is 5.10 Å². The van der Waals surface area contributed by atoms with Gasteiger partial charge in [0, 0.05) is 18.1 Å². The van der Waals surface area contributed by atoms with E-state index in [0.717, 1.165) is 21.2 Å². The van der Waals surface area contributed by atoms with Gasteiger partial charge in [-0.15, -0.1) is 11.3 Å². The lowest BCUT2D eigenvalue weighted by molar-refractivity contribution is 0.720. The van der Waals surface area contributed by atoms with Crippen LogP contribution in [0.3, 0.4) is 0 Å². The molecular formula is C10H12ClN3S. The Morgan fingerprint density at radius 1 is 1.60 bits per heavy atom. The number of thiophene rings is 1. The minimum absolute atomic E-state index is 0.225. The summed E-state index contributed by atoms with van der Waals surface area (Å²) >= 11 is 7.74. The van der Waals surface area contributed by atoms with Crippen LogP contribution >= 0.6 is 22.9 Å². The van der Waals surface area contributed by atoms with E-state index in [9.17, 15) is 0 Å². The Morgan fingerprint density at radius 3 is 2.80 bits per heavy atom. The second-order valence-electron chi connectivity index (χ2n) is 3.49. The topological polar surface area (TPSA) is 43.8 Å². The molecule has 5 heteroatoms. The van der Waals surface area contributed by atoms with Gasteiger partial charge in [0.05, 0.1) is 16.8 Å². The van der Waals surface area contributed by atoms with Gasteiger partial charge in [0.2, 0.25) is 0 Å². The van der Waals surface area contributed by atoms with E-state index >= 15 is 0 Å². The maximum atomic E-state index is 6.16. The fourth-order valence-corrected chi connectivity index (χ4v) is 2.72. The van der Waals surface area contributed by atoms with E-state index in [1.165, 1.54) is 0 Å². The number of aromatic nitrogens is 2. The molecule has 15 heavy (non-hydrogen) atoms. The average Bonchev–Trinajstić information content (AvgIpc) is 2.75. The standard InChI is InChI=1S/C10H12ClN3S/c1-6-5-15-10(8(6)11)9(12)7-3-4-14(2)13-7/h3-5,9H,12H2,1-2H3. The summed E-state index contributed by atoms with van der Waals surface area (Å²) in [6.45, 7) is 1.98. The molecule has 0 aliphatic carbocycles. The van der Waals surface area contributed by atoms with Crippen molar-refractivity contribution >= 4 is 22.9 Å². The van der Waals surface area contributed by atoms with Gasteiger partial charge < -0.3 is 5.73 Å². The molecule has 0 bridgehead atoms. The highest BCUT2D eigenvalue weighted by Crippen LogP contribution is 2.33. The summed E-state index contributed by atoms with van der Waals surface area (Å²) < 4.78 is 1.74. The Labute approximate surface area is 97.5 Å². The lowest BCUT2D eigenvalue weighted by atomic mass is 10.2.